The van der Waals surface area contributed by atoms with Crippen molar-refractivity contribution in [2.75, 3.05) is 53.6 Å². The number of carbonyl (C=O) groups is 1. The molecule has 1 aliphatic rings. The maximum absolute atomic E-state index is 13.5. The highest BCUT2D eigenvalue weighted by Gasteiger charge is 2.33. The van der Waals surface area contributed by atoms with Crippen LogP contribution in [0.2, 0.25) is 0 Å². The molecule has 0 bridgehead atoms. The van der Waals surface area contributed by atoms with Gasteiger partial charge in [-0.2, -0.15) is 0 Å². The number of methoxy groups -OCH3 is 2. The van der Waals surface area contributed by atoms with Crippen molar-refractivity contribution >= 4 is 17.2 Å². The van der Waals surface area contributed by atoms with Crippen molar-refractivity contribution in [1.29, 1.82) is 0 Å². The molecule has 0 aliphatic carbocycles. The van der Waals surface area contributed by atoms with Crippen LogP contribution in [0, 0.1) is 0 Å². The number of thiophene rings is 1. The summed E-state index contributed by atoms with van der Waals surface area (Å²) in [6.07, 6.45) is 2.02. The number of hydrogen-bond donors (Lipinski definition) is 1. The summed E-state index contributed by atoms with van der Waals surface area (Å²) in [5.74, 6) is 1.38. The lowest BCUT2D eigenvalue weighted by Crippen LogP contribution is -2.48. The van der Waals surface area contributed by atoms with Crippen LogP contribution in [0.5, 0.6) is 11.5 Å². The molecular weight excluding hydrogens is 440 g/mol. The Labute approximate surface area is 200 Å². The summed E-state index contributed by atoms with van der Waals surface area (Å²) in [6, 6.07) is 9.49. The zero-order valence-corrected chi connectivity index (χ0v) is 20.7. The van der Waals surface area contributed by atoms with E-state index in [1.807, 2.05) is 41.0 Å². The molecule has 8 heteroatoms. The number of nitrogens with zero attached hydrogens (tertiary/aromatic N) is 2. The Kier molecular flexibility index (Phi) is 9.99. The molecule has 33 heavy (non-hydrogen) atoms. The summed E-state index contributed by atoms with van der Waals surface area (Å²) in [4.78, 5) is 18.7. The molecule has 0 fully saturated rings. The zero-order valence-electron chi connectivity index (χ0n) is 19.9. The minimum Gasteiger partial charge on any atom is -0.493 e. The first-order chi connectivity index (χ1) is 16.1. The molecule has 1 aromatic heterocycles. The maximum Gasteiger partial charge on any atom is 0.237 e. The van der Waals surface area contributed by atoms with Gasteiger partial charge in [-0.05, 0) is 42.0 Å². The Bertz CT molecular complexity index is 874. The number of rotatable bonds is 13. The Morgan fingerprint density at radius 3 is 2.79 bits per heavy atom. The minimum atomic E-state index is -0.450. The molecule has 2 atom stereocenters. The molecule has 3 rings (SSSR count). The van der Waals surface area contributed by atoms with E-state index in [1.165, 1.54) is 4.88 Å². The lowest BCUT2D eigenvalue weighted by molar-refractivity contribution is -0.136. The highest BCUT2D eigenvalue weighted by Crippen LogP contribution is 2.35. The molecule has 0 saturated carbocycles. The SMILES string of the molecule is CCC[C@H](O)CN(CCOC)CC(=O)N1CCc2sccc2[C@H]1COc1ccccc1OC. The summed E-state index contributed by atoms with van der Waals surface area (Å²) in [6.45, 7) is 4.88. The Balaban J connectivity index is 1.73. The average molecular weight is 477 g/mol. The zero-order chi connectivity index (χ0) is 23.6. The third-order valence-corrected chi connectivity index (χ3v) is 6.94. The van der Waals surface area contributed by atoms with Crippen LogP contribution in [0.25, 0.3) is 0 Å². The molecule has 1 amide bonds. The van der Waals surface area contributed by atoms with Gasteiger partial charge in [0.15, 0.2) is 11.5 Å². The second kappa shape index (κ2) is 12.9. The highest BCUT2D eigenvalue weighted by atomic mass is 32.1. The lowest BCUT2D eigenvalue weighted by Gasteiger charge is -2.37. The van der Waals surface area contributed by atoms with Crippen LogP contribution in [-0.4, -0.2) is 80.5 Å². The molecule has 2 heterocycles. The van der Waals surface area contributed by atoms with E-state index in [0.29, 0.717) is 44.3 Å². The molecule has 0 saturated heterocycles. The van der Waals surface area contributed by atoms with Crippen LogP contribution >= 0.6 is 11.3 Å². The van der Waals surface area contributed by atoms with E-state index in [2.05, 4.69) is 11.4 Å². The van der Waals surface area contributed by atoms with Gasteiger partial charge in [-0.25, -0.2) is 0 Å². The number of aliphatic hydroxyl groups is 1. The van der Waals surface area contributed by atoms with E-state index in [0.717, 1.165) is 24.8 Å². The second-order valence-corrected chi connectivity index (χ2v) is 9.28. The molecule has 1 aliphatic heterocycles. The molecule has 1 N–H and O–H groups in total. The van der Waals surface area contributed by atoms with Crippen LogP contribution in [0.1, 0.15) is 36.2 Å². The number of hydrogen-bond acceptors (Lipinski definition) is 7. The van der Waals surface area contributed by atoms with E-state index < -0.39 is 6.10 Å². The standard InChI is InChI=1S/C25H36N2O5S/c1-4-7-19(28)16-26(13-14-30-2)17-25(29)27-12-10-24-20(11-15-33-24)21(27)18-32-23-9-6-5-8-22(23)31-3/h5-6,8-9,11,15,19,21,28H,4,7,10,12-14,16-18H2,1-3H3/t19-,21+/m0/s1. The van der Waals surface area contributed by atoms with Gasteiger partial charge in [0.25, 0.3) is 0 Å². The highest BCUT2D eigenvalue weighted by molar-refractivity contribution is 7.10. The van der Waals surface area contributed by atoms with Gasteiger partial charge >= 0.3 is 0 Å². The lowest BCUT2D eigenvalue weighted by atomic mass is 10.0. The number of amides is 1. The predicted molar refractivity (Wildman–Crippen MR) is 130 cm³/mol. The Morgan fingerprint density at radius 2 is 2.06 bits per heavy atom. The van der Waals surface area contributed by atoms with E-state index in [1.54, 1.807) is 25.6 Å². The Hall–Kier alpha value is -2.13. The van der Waals surface area contributed by atoms with Crippen molar-refractivity contribution in [1.82, 2.24) is 9.80 Å². The number of ether oxygens (including phenoxy) is 3. The summed E-state index contributed by atoms with van der Waals surface area (Å²) < 4.78 is 16.8. The summed E-state index contributed by atoms with van der Waals surface area (Å²) in [5, 5.41) is 12.4. The van der Waals surface area contributed by atoms with Gasteiger partial charge in [-0.3, -0.25) is 9.69 Å². The van der Waals surface area contributed by atoms with Gasteiger partial charge in [-0.1, -0.05) is 25.5 Å². The smallest absolute Gasteiger partial charge is 0.237 e. The van der Waals surface area contributed by atoms with Crippen LogP contribution in [-0.2, 0) is 16.0 Å². The summed E-state index contributed by atoms with van der Waals surface area (Å²) >= 11 is 1.73. The van der Waals surface area contributed by atoms with Crippen molar-refractivity contribution < 1.29 is 24.1 Å². The van der Waals surface area contributed by atoms with Gasteiger partial charge in [0, 0.05) is 31.6 Å². The molecule has 7 nitrogen and oxygen atoms in total. The predicted octanol–water partition coefficient (Wildman–Crippen LogP) is 3.37. The molecule has 1 aromatic carbocycles. The average Bonchev–Trinajstić information content (AvgIpc) is 3.30. The quantitative estimate of drug-likeness (QED) is 0.478. The van der Waals surface area contributed by atoms with Crippen LogP contribution in [0.15, 0.2) is 35.7 Å². The maximum atomic E-state index is 13.5. The topological polar surface area (TPSA) is 71.5 Å². The largest absolute Gasteiger partial charge is 0.493 e. The summed E-state index contributed by atoms with van der Waals surface area (Å²) in [5.41, 5.74) is 1.16. The first-order valence-corrected chi connectivity index (χ1v) is 12.5. The molecule has 182 valence electrons. The van der Waals surface area contributed by atoms with Crippen molar-refractivity contribution in [2.24, 2.45) is 0 Å². The molecule has 0 unspecified atom stereocenters. The number of para-hydroxylation sites is 2. The van der Waals surface area contributed by atoms with Crippen molar-refractivity contribution in [3.63, 3.8) is 0 Å². The minimum absolute atomic E-state index is 0.0419. The Morgan fingerprint density at radius 1 is 1.27 bits per heavy atom. The molecule has 2 aromatic rings. The van der Waals surface area contributed by atoms with Crippen LogP contribution in [0.3, 0.4) is 0 Å². The van der Waals surface area contributed by atoms with E-state index >= 15 is 0 Å². The second-order valence-electron chi connectivity index (χ2n) is 8.28. The van der Waals surface area contributed by atoms with Crippen molar-refractivity contribution in [2.45, 2.75) is 38.3 Å². The van der Waals surface area contributed by atoms with Crippen LogP contribution < -0.4 is 9.47 Å². The van der Waals surface area contributed by atoms with Crippen LogP contribution in [0.4, 0.5) is 0 Å². The third kappa shape index (κ3) is 6.93. The molecule has 0 radical (unpaired) electrons. The van der Waals surface area contributed by atoms with Crippen molar-refractivity contribution in [3.05, 3.63) is 46.2 Å². The first-order valence-electron chi connectivity index (χ1n) is 11.6. The number of aliphatic hydroxyl groups excluding tert-OH is 1. The fourth-order valence-electron chi connectivity index (χ4n) is 4.24. The molecular formula is C25H36N2O5S. The van der Waals surface area contributed by atoms with Crippen molar-refractivity contribution in [3.8, 4) is 11.5 Å². The number of benzene rings is 1. The molecule has 0 spiro atoms. The fraction of sp³-hybridized carbons (Fsp3) is 0.560. The number of carbonyl (C=O) groups excluding carboxylic acids is 1. The van der Waals surface area contributed by atoms with E-state index in [-0.39, 0.29) is 18.5 Å². The number of fused-ring (bicyclic) bond motifs is 1. The first kappa shape index (κ1) is 25.5. The van der Waals surface area contributed by atoms with Gasteiger partial charge in [0.2, 0.25) is 5.91 Å². The van der Waals surface area contributed by atoms with E-state index in [4.69, 9.17) is 14.2 Å². The van der Waals surface area contributed by atoms with E-state index in [9.17, 15) is 9.90 Å². The van der Waals surface area contributed by atoms with Gasteiger partial charge in [0.1, 0.15) is 6.61 Å². The van der Waals surface area contributed by atoms with Gasteiger partial charge < -0.3 is 24.2 Å². The normalized spacial score (nSPS) is 16.5. The van der Waals surface area contributed by atoms with Gasteiger partial charge in [-0.15, -0.1) is 11.3 Å². The summed E-state index contributed by atoms with van der Waals surface area (Å²) in [7, 11) is 3.27. The fourth-order valence-corrected chi connectivity index (χ4v) is 5.17. The van der Waals surface area contributed by atoms with Gasteiger partial charge in [0.05, 0.1) is 32.4 Å². The monoisotopic (exact) mass is 476 g/mol. The third-order valence-electron chi connectivity index (χ3n) is 5.94.